The maximum atomic E-state index is 11.7. The van der Waals surface area contributed by atoms with Crippen LogP contribution >= 0.6 is 0 Å². The Morgan fingerprint density at radius 3 is 2.38 bits per heavy atom. The van der Waals surface area contributed by atoms with E-state index < -0.39 is 5.91 Å². The predicted octanol–water partition coefficient (Wildman–Crippen LogP) is 2.11. The van der Waals surface area contributed by atoms with E-state index in [1.807, 2.05) is 18.7 Å². The molecule has 1 aromatic carbocycles. The fourth-order valence-corrected chi connectivity index (χ4v) is 2.36. The van der Waals surface area contributed by atoms with E-state index in [1.54, 1.807) is 38.5 Å². The molecule has 128 valence electrons. The van der Waals surface area contributed by atoms with Gasteiger partial charge < -0.3 is 20.1 Å². The number of carbonyl (C=O) groups is 1. The summed E-state index contributed by atoms with van der Waals surface area (Å²) < 4.78 is 10.7. The van der Waals surface area contributed by atoms with Gasteiger partial charge in [0.05, 0.1) is 19.9 Å². The largest absolute Gasteiger partial charge is 0.497 e. The number of methoxy groups -OCH3 is 2. The number of nitrogens with two attached hydrogens (primary N) is 1. The third-order valence-electron chi connectivity index (χ3n) is 3.70. The molecule has 0 unspecified atom stereocenters. The molecule has 0 bridgehead atoms. The summed E-state index contributed by atoms with van der Waals surface area (Å²) in [5, 5.41) is 0. The topological polar surface area (TPSA) is 90.6 Å². The van der Waals surface area contributed by atoms with Crippen molar-refractivity contribution in [1.82, 2.24) is 9.97 Å². The van der Waals surface area contributed by atoms with Gasteiger partial charge in [0.1, 0.15) is 17.2 Å². The summed E-state index contributed by atoms with van der Waals surface area (Å²) in [6, 6.07) is 6.95. The summed E-state index contributed by atoms with van der Waals surface area (Å²) in [7, 11) is 3.16. The molecule has 1 aromatic heterocycles. The van der Waals surface area contributed by atoms with Crippen LogP contribution < -0.4 is 20.1 Å². The van der Waals surface area contributed by atoms with Crippen molar-refractivity contribution in [1.29, 1.82) is 0 Å². The van der Waals surface area contributed by atoms with Gasteiger partial charge in [-0.1, -0.05) is 0 Å². The van der Waals surface area contributed by atoms with E-state index in [-0.39, 0.29) is 5.69 Å². The summed E-state index contributed by atoms with van der Waals surface area (Å²) in [5.74, 6) is 1.13. The first-order chi connectivity index (χ1) is 11.5. The smallest absolute Gasteiger partial charge is 0.267 e. The number of primary amides is 1. The van der Waals surface area contributed by atoms with E-state index in [4.69, 9.17) is 15.2 Å². The lowest BCUT2D eigenvalue weighted by atomic mass is 10.1. The van der Waals surface area contributed by atoms with Gasteiger partial charge in [-0.15, -0.1) is 0 Å². The zero-order valence-electron chi connectivity index (χ0n) is 14.4. The van der Waals surface area contributed by atoms with Gasteiger partial charge in [-0.25, -0.2) is 9.97 Å². The molecule has 1 amide bonds. The third kappa shape index (κ3) is 3.56. The van der Waals surface area contributed by atoms with Gasteiger partial charge >= 0.3 is 0 Å². The summed E-state index contributed by atoms with van der Waals surface area (Å²) in [6.07, 6.45) is 0. The standard InChI is InChI=1S/C17H22N4O3/c1-5-21(6-2)17-19-13(10-14(20-17)16(18)22)12-9-11(23-3)7-8-15(12)24-4/h7-10H,5-6H2,1-4H3,(H2,18,22). The normalized spacial score (nSPS) is 10.3. The first-order valence-electron chi connectivity index (χ1n) is 7.70. The fourth-order valence-electron chi connectivity index (χ4n) is 2.36. The maximum absolute atomic E-state index is 11.7. The minimum absolute atomic E-state index is 0.159. The molecule has 0 saturated heterocycles. The molecule has 0 fully saturated rings. The highest BCUT2D eigenvalue weighted by Crippen LogP contribution is 2.33. The van der Waals surface area contributed by atoms with Gasteiger partial charge in [-0.05, 0) is 38.1 Å². The van der Waals surface area contributed by atoms with Crippen LogP contribution in [-0.2, 0) is 0 Å². The summed E-state index contributed by atoms with van der Waals surface area (Å²) in [5.41, 5.74) is 6.85. The Kier molecular flexibility index (Phi) is 5.57. The number of benzene rings is 1. The molecule has 0 atom stereocenters. The van der Waals surface area contributed by atoms with Crippen molar-refractivity contribution in [3.05, 3.63) is 30.0 Å². The molecule has 0 spiro atoms. The summed E-state index contributed by atoms with van der Waals surface area (Å²) in [4.78, 5) is 22.5. The summed E-state index contributed by atoms with van der Waals surface area (Å²) >= 11 is 0. The van der Waals surface area contributed by atoms with Crippen LogP contribution in [-0.4, -0.2) is 43.2 Å². The van der Waals surface area contributed by atoms with Crippen LogP contribution in [0.4, 0.5) is 5.95 Å². The van der Waals surface area contributed by atoms with E-state index >= 15 is 0 Å². The molecule has 0 aliphatic carbocycles. The Labute approximate surface area is 141 Å². The zero-order chi connectivity index (χ0) is 17.7. The van der Waals surface area contributed by atoms with E-state index in [9.17, 15) is 4.79 Å². The van der Waals surface area contributed by atoms with Crippen molar-refractivity contribution in [3.8, 4) is 22.8 Å². The molecule has 0 radical (unpaired) electrons. The number of hydrogen-bond donors (Lipinski definition) is 1. The van der Waals surface area contributed by atoms with Crippen LogP contribution in [0, 0.1) is 0 Å². The molecular formula is C17H22N4O3. The summed E-state index contributed by atoms with van der Waals surface area (Å²) in [6.45, 7) is 5.42. The molecular weight excluding hydrogens is 308 g/mol. The van der Waals surface area contributed by atoms with Gasteiger partial charge in [-0.3, -0.25) is 4.79 Å². The monoisotopic (exact) mass is 330 g/mol. The molecule has 2 N–H and O–H groups in total. The first-order valence-corrected chi connectivity index (χ1v) is 7.70. The average molecular weight is 330 g/mol. The van der Waals surface area contributed by atoms with Gasteiger partial charge in [-0.2, -0.15) is 0 Å². The van der Waals surface area contributed by atoms with Gasteiger partial charge in [0.2, 0.25) is 5.95 Å². The number of aromatic nitrogens is 2. The van der Waals surface area contributed by atoms with Crippen molar-refractivity contribution in [2.24, 2.45) is 5.73 Å². The highest BCUT2D eigenvalue weighted by atomic mass is 16.5. The van der Waals surface area contributed by atoms with E-state index in [1.165, 1.54) is 0 Å². The number of ether oxygens (including phenoxy) is 2. The first kappa shape index (κ1) is 17.5. The minimum Gasteiger partial charge on any atom is -0.497 e. The van der Waals surface area contributed by atoms with Crippen molar-refractivity contribution in [2.45, 2.75) is 13.8 Å². The molecule has 0 aliphatic rings. The SMILES string of the molecule is CCN(CC)c1nc(C(N)=O)cc(-c2cc(OC)ccc2OC)n1. The molecule has 1 heterocycles. The molecule has 24 heavy (non-hydrogen) atoms. The molecule has 2 rings (SSSR count). The van der Waals surface area contributed by atoms with Gasteiger partial charge in [0.15, 0.2) is 0 Å². The third-order valence-corrected chi connectivity index (χ3v) is 3.70. The van der Waals surface area contributed by atoms with Gasteiger partial charge in [0, 0.05) is 18.7 Å². The maximum Gasteiger partial charge on any atom is 0.267 e. The molecule has 2 aromatic rings. The van der Waals surface area contributed by atoms with E-state index in [0.717, 1.165) is 0 Å². The number of amides is 1. The Morgan fingerprint density at radius 2 is 1.83 bits per heavy atom. The Morgan fingerprint density at radius 1 is 1.12 bits per heavy atom. The number of nitrogens with zero attached hydrogens (tertiary/aromatic N) is 3. The van der Waals surface area contributed by atoms with Crippen LogP contribution in [0.15, 0.2) is 24.3 Å². The highest BCUT2D eigenvalue weighted by Gasteiger charge is 2.16. The van der Waals surface area contributed by atoms with Crippen LogP contribution in [0.5, 0.6) is 11.5 Å². The fraction of sp³-hybridized carbons (Fsp3) is 0.353. The predicted molar refractivity (Wildman–Crippen MR) is 92.7 cm³/mol. The van der Waals surface area contributed by atoms with Crippen LogP contribution in [0.2, 0.25) is 0 Å². The number of anilines is 1. The zero-order valence-corrected chi connectivity index (χ0v) is 14.4. The van der Waals surface area contributed by atoms with Crippen LogP contribution in [0.25, 0.3) is 11.3 Å². The van der Waals surface area contributed by atoms with Crippen molar-refractivity contribution < 1.29 is 14.3 Å². The van der Waals surface area contributed by atoms with Crippen molar-refractivity contribution >= 4 is 11.9 Å². The second-order valence-electron chi connectivity index (χ2n) is 5.04. The second-order valence-corrected chi connectivity index (χ2v) is 5.04. The molecule has 7 nitrogen and oxygen atoms in total. The van der Waals surface area contributed by atoms with E-state index in [0.29, 0.717) is 41.8 Å². The molecule has 0 saturated carbocycles. The average Bonchev–Trinajstić information content (AvgIpc) is 2.61. The van der Waals surface area contributed by atoms with Crippen LogP contribution in [0.3, 0.4) is 0 Å². The molecule has 7 heteroatoms. The number of rotatable bonds is 7. The highest BCUT2D eigenvalue weighted by molar-refractivity contribution is 5.92. The Hall–Kier alpha value is -2.83. The van der Waals surface area contributed by atoms with Crippen molar-refractivity contribution in [2.75, 3.05) is 32.2 Å². The second kappa shape index (κ2) is 7.63. The van der Waals surface area contributed by atoms with Crippen LogP contribution in [0.1, 0.15) is 24.3 Å². The van der Waals surface area contributed by atoms with E-state index in [2.05, 4.69) is 9.97 Å². The van der Waals surface area contributed by atoms with Crippen molar-refractivity contribution in [3.63, 3.8) is 0 Å². The minimum atomic E-state index is -0.603. The lowest BCUT2D eigenvalue weighted by molar-refractivity contribution is 0.0995. The number of carbonyl (C=O) groups excluding carboxylic acids is 1. The Bertz CT molecular complexity index is 730. The quantitative estimate of drug-likeness (QED) is 0.836. The Balaban J connectivity index is 2.67. The van der Waals surface area contributed by atoms with Gasteiger partial charge in [0.25, 0.3) is 5.91 Å². The molecule has 0 aliphatic heterocycles. The lowest BCUT2D eigenvalue weighted by Gasteiger charge is -2.20. The lowest BCUT2D eigenvalue weighted by Crippen LogP contribution is -2.26. The number of hydrogen-bond acceptors (Lipinski definition) is 6.